The van der Waals surface area contributed by atoms with Gasteiger partial charge in [0, 0.05) is 12.2 Å². The number of rotatable bonds is 9. The van der Waals surface area contributed by atoms with Crippen molar-refractivity contribution in [1.29, 1.82) is 0 Å². The molecule has 4 N–H and O–H groups in total. The van der Waals surface area contributed by atoms with Gasteiger partial charge in [0.1, 0.15) is 0 Å². The molecule has 1 atom stereocenters. The highest BCUT2D eigenvalue weighted by molar-refractivity contribution is 5.42. The fourth-order valence-electron chi connectivity index (χ4n) is 1.53. The second-order valence-electron chi connectivity index (χ2n) is 4.48. The molecule has 0 aromatic heterocycles. The number of aliphatic imine (C=N–C) groups is 1. The lowest BCUT2D eigenvalue weighted by Gasteiger charge is -2.12. The van der Waals surface area contributed by atoms with Gasteiger partial charge in [-0.2, -0.15) is 0 Å². The molecule has 0 bridgehead atoms. The van der Waals surface area contributed by atoms with Crippen molar-refractivity contribution in [1.82, 2.24) is 0 Å². The lowest BCUT2D eigenvalue weighted by atomic mass is 9.99. The molecule has 3 nitrogen and oxygen atoms in total. The molecule has 0 saturated heterocycles. The maximum Gasteiger partial charge on any atom is 0.0496 e. The van der Waals surface area contributed by atoms with Crippen molar-refractivity contribution in [3.05, 3.63) is 47.7 Å². The minimum Gasteiger partial charge on any atom is -0.330 e. The summed E-state index contributed by atoms with van der Waals surface area (Å²) in [5.74, 6) is 0.366. The van der Waals surface area contributed by atoms with Crippen LogP contribution in [0, 0.1) is 5.92 Å². The molecule has 0 rings (SSSR count). The fraction of sp³-hybridized carbons (Fsp3) is 0.438. The van der Waals surface area contributed by atoms with E-state index in [1.807, 2.05) is 18.2 Å². The predicted octanol–water partition coefficient (Wildman–Crippen LogP) is 2.96. The monoisotopic (exact) mass is 261 g/mol. The summed E-state index contributed by atoms with van der Waals surface area (Å²) in [6.45, 7) is 12.9. The first-order valence-electron chi connectivity index (χ1n) is 6.74. The summed E-state index contributed by atoms with van der Waals surface area (Å²) in [4.78, 5) is 4.18. The molecule has 0 heterocycles. The van der Waals surface area contributed by atoms with Crippen LogP contribution in [0.3, 0.4) is 0 Å². The van der Waals surface area contributed by atoms with E-state index in [9.17, 15) is 0 Å². The molecule has 0 amide bonds. The van der Waals surface area contributed by atoms with E-state index >= 15 is 0 Å². The number of nitrogens with zero attached hydrogens (tertiary/aromatic N) is 1. The van der Waals surface area contributed by atoms with Crippen LogP contribution in [0.25, 0.3) is 0 Å². The first-order chi connectivity index (χ1) is 9.10. The summed E-state index contributed by atoms with van der Waals surface area (Å²) in [5.41, 5.74) is 14.0. The predicted molar refractivity (Wildman–Crippen MR) is 86.2 cm³/mol. The highest BCUT2D eigenvalue weighted by Gasteiger charge is 2.08. The van der Waals surface area contributed by atoms with Crippen molar-refractivity contribution in [3.8, 4) is 0 Å². The van der Waals surface area contributed by atoms with E-state index in [4.69, 9.17) is 11.5 Å². The van der Waals surface area contributed by atoms with Gasteiger partial charge in [-0.3, -0.25) is 4.99 Å². The Morgan fingerprint density at radius 1 is 1.26 bits per heavy atom. The largest absolute Gasteiger partial charge is 0.330 e. The Morgan fingerprint density at radius 2 is 1.95 bits per heavy atom. The lowest BCUT2D eigenvalue weighted by molar-refractivity contribution is 0.646. The van der Waals surface area contributed by atoms with Crippen LogP contribution in [0.1, 0.15) is 26.7 Å². The number of nitrogens with two attached hydrogens (primary N) is 2. The molecular formula is C16H27N3. The van der Waals surface area contributed by atoms with Crippen LogP contribution < -0.4 is 11.5 Å². The van der Waals surface area contributed by atoms with E-state index in [2.05, 4.69) is 38.2 Å². The third-order valence-corrected chi connectivity index (χ3v) is 2.94. The van der Waals surface area contributed by atoms with Crippen LogP contribution in [-0.4, -0.2) is 19.8 Å². The summed E-state index contributed by atoms with van der Waals surface area (Å²) in [6.07, 6.45) is 9.89. The highest BCUT2D eigenvalue weighted by atomic mass is 14.7. The first-order valence-corrected chi connectivity index (χ1v) is 6.74. The van der Waals surface area contributed by atoms with Gasteiger partial charge in [-0.05, 0) is 43.2 Å². The normalized spacial score (nSPS) is 14.7. The Morgan fingerprint density at radius 3 is 2.42 bits per heavy atom. The topological polar surface area (TPSA) is 64.4 Å². The molecule has 3 heteroatoms. The Balaban J connectivity index is 5.33. The first kappa shape index (κ1) is 17.6. The maximum absolute atomic E-state index is 5.54. The Bertz CT molecular complexity index is 375. The molecule has 0 aromatic rings. The Hall–Kier alpha value is -1.45. The molecule has 19 heavy (non-hydrogen) atoms. The van der Waals surface area contributed by atoms with E-state index in [1.165, 1.54) is 0 Å². The third-order valence-electron chi connectivity index (χ3n) is 2.94. The number of allylic oxidation sites excluding steroid dienone is 4. The number of hydrogen-bond acceptors (Lipinski definition) is 3. The van der Waals surface area contributed by atoms with E-state index < -0.39 is 0 Å². The van der Waals surface area contributed by atoms with E-state index in [0.29, 0.717) is 19.0 Å². The van der Waals surface area contributed by atoms with Crippen LogP contribution in [0.4, 0.5) is 0 Å². The Labute approximate surface area is 117 Å². The zero-order chi connectivity index (χ0) is 14.7. The highest BCUT2D eigenvalue weighted by Crippen LogP contribution is 2.21. The van der Waals surface area contributed by atoms with Crippen molar-refractivity contribution < 1.29 is 0 Å². The van der Waals surface area contributed by atoms with Crippen LogP contribution >= 0.6 is 0 Å². The van der Waals surface area contributed by atoms with Gasteiger partial charge in [0.2, 0.25) is 0 Å². The van der Waals surface area contributed by atoms with Crippen molar-refractivity contribution in [3.63, 3.8) is 0 Å². The number of hydrogen-bond donors (Lipinski definition) is 2. The van der Waals surface area contributed by atoms with Gasteiger partial charge in [-0.25, -0.2) is 0 Å². The summed E-state index contributed by atoms with van der Waals surface area (Å²) in [6, 6.07) is 0. The zero-order valence-corrected chi connectivity index (χ0v) is 12.2. The van der Waals surface area contributed by atoms with Crippen molar-refractivity contribution in [2.75, 3.05) is 13.1 Å². The van der Waals surface area contributed by atoms with Gasteiger partial charge in [0.15, 0.2) is 0 Å². The quantitative estimate of drug-likeness (QED) is 0.495. The molecule has 0 saturated carbocycles. The molecular weight excluding hydrogens is 234 g/mol. The third kappa shape index (κ3) is 6.89. The molecule has 0 aliphatic heterocycles. The minimum atomic E-state index is 0.366. The SMILES string of the molecule is C=NC(=C(C=CCCN)C=CC(=C)CN)C(C)CC. The van der Waals surface area contributed by atoms with E-state index in [1.54, 1.807) is 0 Å². The smallest absolute Gasteiger partial charge is 0.0496 e. The standard InChI is InChI=1S/C16H27N3/c1-5-14(3)16(19-4)15(8-6-7-11-17)10-9-13(2)12-18/h6,8-10,14H,2,4-5,7,11-12,17-18H2,1,3H3. The minimum absolute atomic E-state index is 0.366. The summed E-state index contributed by atoms with van der Waals surface area (Å²) < 4.78 is 0. The summed E-state index contributed by atoms with van der Waals surface area (Å²) in [7, 11) is 0. The van der Waals surface area contributed by atoms with Gasteiger partial charge in [0.25, 0.3) is 0 Å². The summed E-state index contributed by atoms with van der Waals surface area (Å²) >= 11 is 0. The Kier molecular flexibility index (Phi) is 9.67. The van der Waals surface area contributed by atoms with Crippen LogP contribution in [0.5, 0.6) is 0 Å². The van der Waals surface area contributed by atoms with Gasteiger partial charge in [-0.1, -0.05) is 44.7 Å². The van der Waals surface area contributed by atoms with Crippen molar-refractivity contribution in [2.24, 2.45) is 22.4 Å². The van der Waals surface area contributed by atoms with Gasteiger partial charge in [0.05, 0.1) is 0 Å². The average molecular weight is 261 g/mol. The molecule has 106 valence electrons. The lowest BCUT2D eigenvalue weighted by Crippen LogP contribution is -2.01. The van der Waals surface area contributed by atoms with E-state index in [-0.39, 0.29) is 0 Å². The van der Waals surface area contributed by atoms with Gasteiger partial charge in [-0.15, -0.1) is 0 Å². The molecule has 0 radical (unpaired) electrons. The van der Waals surface area contributed by atoms with E-state index in [0.717, 1.165) is 29.7 Å². The zero-order valence-electron chi connectivity index (χ0n) is 12.2. The molecule has 0 aromatic carbocycles. The van der Waals surface area contributed by atoms with Gasteiger partial charge < -0.3 is 11.5 Å². The molecule has 0 spiro atoms. The average Bonchev–Trinajstić information content (AvgIpc) is 2.44. The molecule has 1 unspecified atom stereocenters. The van der Waals surface area contributed by atoms with Gasteiger partial charge >= 0.3 is 0 Å². The van der Waals surface area contributed by atoms with Crippen LogP contribution in [0.2, 0.25) is 0 Å². The van der Waals surface area contributed by atoms with Crippen LogP contribution in [0.15, 0.2) is 52.7 Å². The second kappa shape index (κ2) is 10.5. The van der Waals surface area contributed by atoms with Crippen molar-refractivity contribution >= 4 is 6.72 Å². The summed E-state index contributed by atoms with van der Waals surface area (Å²) in [5, 5.41) is 0. The fourth-order valence-corrected chi connectivity index (χ4v) is 1.53. The van der Waals surface area contributed by atoms with Crippen molar-refractivity contribution in [2.45, 2.75) is 26.7 Å². The molecule has 0 aliphatic rings. The molecule has 0 aliphatic carbocycles. The molecule has 0 fully saturated rings. The van der Waals surface area contributed by atoms with Crippen LogP contribution in [-0.2, 0) is 0 Å². The maximum atomic E-state index is 5.54. The second-order valence-corrected chi connectivity index (χ2v) is 4.48.